The number of hydrogen-bond donors (Lipinski definition) is 1. The van der Waals surface area contributed by atoms with E-state index in [9.17, 15) is 10.1 Å². The van der Waals surface area contributed by atoms with E-state index in [0.29, 0.717) is 37.7 Å². The van der Waals surface area contributed by atoms with Crippen molar-refractivity contribution in [3.05, 3.63) is 91.7 Å². The Bertz CT molecular complexity index is 1280. The number of nitro groups is 1. The van der Waals surface area contributed by atoms with E-state index in [1.165, 1.54) is 12.1 Å². The third-order valence-electron chi connectivity index (χ3n) is 4.22. The number of nitrogens with zero attached hydrogens (tertiary/aromatic N) is 3. The Morgan fingerprint density at radius 2 is 1.63 bits per heavy atom. The lowest BCUT2D eigenvalue weighted by molar-refractivity contribution is -0.384. The average Bonchev–Trinajstić information content (AvgIpc) is 3.10. The molecule has 0 unspecified atom stereocenters. The fourth-order valence-electron chi connectivity index (χ4n) is 2.82. The largest absolute Gasteiger partial charge is 0.457 e. The number of benzene rings is 3. The van der Waals surface area contributed by atoms with Crippen molar-refractivity contribution in [1.82, 2.24) is 14.8 Å². The summed E-state index contributed by atoms with van der Waals surface area (Å²) in [5.41, 5.74) is 1.44. The zero-order valence-corrected chi connectivity index (χ0v) is 17.4. The van der Waals surface area contributed by atoms with Gasteiger partial charge in [-0.05, 0) is 66.8 Å². The normalized spacial score (nSPS) is 10.7. The highest BCUT2D eigenvalue weighted by Gasteiger charge is 2.14. The van der Waals surface area contributed by atoms with Crippen LogP contribution in [0.5, 0.6) is 11.5 Å². The van der Waals surface area contributed by atoms with Crippen LogP contribution in [0, 0.1) is 14.9 Å². The fraction of sp³-hybridized carbons (Fsp3) is 0. The van der Waals surface area contributed by atoms with Crippen molar-refractivity contribution >= 4 is 41.1 Å². The topological polar surface area (TPSA) is 86.0 Å². The summed E-state index contributed by atoms with van der Waals surface area (Å²) in [6, 6.07) is 18.2. The Balaban J connectivity index is 1.63. The Hall–Kier alpha value is -3.20. The van der Waals surface area contributed by atoms with Gasteiger partial charge in [0.25, 0.3) is 5.69 Å². The summed E-state index contributed by atoms with van der Waals surface area (Å²) in [6.07, 6.45) is 0. The lowest BCUT2D eigenvalue weighted by atomic mass is 10.2. The van der Waals surface area contributed by atoms with E-state index in [2.05, 4.69) is 10.2 Å². The molecular formula is C20H12Cl2N4O3S. The molecule has 0 saturated carbocycles. The maximum atomic E-state index is 10.7. The first-order chi connectivity index (χ1) is 14.4. The van der Waals surface area contributed by atoms with E-state index in [1.54, 1.807) is 47.0 Å². The summed E-state index contributed by atoms with van der Waals surface area (Å²) < 4.78 is 7.90. The van der Waals surface area contributed by atoms with Crippen molar-refractivity contribution < 1.29 is 9.66 Å². The second kappa shape index (κ2) is 8.27. The van der Waals surface area contributed by atoms with Crippen LogP contribution in [0.1, 0.15) is 0 Å². The van der Waals surface area contributed by atoms with Crippen molar-refractivity contribution in [3.8, 4) is 28.6 Å². The van der Waals surface area contributed by atoms with E-state index >= 15 is 0 Å². The average molecular weight is 459 g/mol. The number of non-ortho nitro benzene ring substituents is 1. The number of H-pyrrole nitrogens is 1. The molecule has 0 atom stereocenters. The highest BCUT2D eigenvalue weighted by molar-refractivity contribution is 7.71. The lowest BCUT2D eigenvalue weighted by Gasteiger charge is -2.10. The Morgan fingerprint density at radius 3 is 2.23 bits per heavy atom. The molecule has 150 valence electrons. The summed E-state index contributed by atoms with van der Waals surface area (Å²) in [5.74, 6) is 1.60. The third-order valence-corrected chi connectivity index (χ3v) is 5.04. The zero-order valence-electron chi connectivity index (χ0n) is 15.1. The lowest BCUT2D eigenvalue weighted by Crippen LogP contribution is -1.98. The summed E-state index contributed by atoms with van der Waals surface area (Å²) in [7, 11) is 0. The molecule has 0 spiro atoms. The van der Waals surface area contributed by atoms with Gasteiger partial charge in [-0.1, -0.05) is 23.2 Å². The van der Waals surface area contributed by atoms with Gasteiger partial charge < -0.3 is 4.74 Å². The van der Waals surface area contributed by atoms with Gasteiger partial charge in [0.05, 0.1) is 15.6 Å². The van der Waals surface area contributed by atoms with Crippen LogP contribution in [0.15, 0.2) is 66.7 Å². The molecular weight excluding hydrogens is 447 g/mol. The van der Waals surface area contributed by atoms with E-state index in [1.807, 2.05) is 12.1 Å². The van der Waals surface area contributed by atoms with Crippen molar-refractivity contribution in [2.45, 2.75) is 0 Å². The van der Waals surface area contributed by atoms with Gasteiger partial charge in [0.1, 0.15) is 11.5 Å². The molecule has 7 nitrogen and oxygen atoms in total. The molecule has 0 aliphatic rings. The number of nitrogens with one attached hydrogen (secondary N) is 1. The van der Waals surface area contributed by atoms with E-state index < -0.39 is 4.92 Å². The molecule has 4 aromatic rings. The molecule has 30 heavy (non-hydrogen) atoms. The quantitative estimate of drug-likeness (QED) is 0.206. The first-order valence-electron chi connectivity index (χ1n) is 8.58. The van der Waals surface area contributed by atoms with Gasteiger partial charge in [-0.25, -0.2) is 0 Å². The van der Waals surface area contributed by atoms with Gasteiger partial charge in [0, 0.05) is 22.7 Å². The van der Waals surface area contributed by atoms with Crippen LogP contribution < -0.4 is 4.74 Å². The highest BCUT2D eigenvalue weighted by Crippen LogP contribution is 2.31. The Morgan fingerprint density at radius 1 is 1.00 bits per heavy atom. The Kier molecular flexibility index (Phi) is 5.54. The minimum absolute atomic E-state index is 0.000389. The number of rotatable bonds is 5. The van der Waals surface area contributed by atoms with Crippen LogP contribution in [0.4, 0.5) is 5.69 Å². The fourth-order valence-corrected chi connectivity index (χ4v) is 3.55. The minimum atomic E-state index is -0.461. The van der Waals surface area contributed by atoms with E-state index in [0.717, 1.165) is 5.69 Å². The summed E-state index contributed by atoms with van der Waals surface area (Å²) in [6.45, 7) is 0. The highest BCUT2D eigenvalue weighted by atomic mass is 35.5. The number of halogens is 2. The molecule has 3 aromatic carbocycles. The van der Waals surface area contributed by atoms with E-state index in [-0.39, 0.29) is 5.69 Å². The molecule has 0 saturated heterocycles. The maximum absolute atomic E-state index is 10.7. The molecule has 0 amide bonds. The third kappa shape index (κ3) is 4.06. The SMILES string of the molecule is O=[N+]([O-])c1ccc(Oc2ccc(-n3c(-c4ccc(Cl)cc4Cl)n[nH]c3=S)cc2)cc1. The molecule has 0 bridgehead atoms. The van der Waals surface area contributed by atoms with Crippen LogP contribution in [-0.2, 0) is 0 Å². The first-order valence-corrected chi connectivity index (χ1v) is 9.74. The Labute approximate surface area is 185 Å². The molecule has 10 heteroatoms. The van der Waals surface area contributed by atoms with Gasteiger partial charge in [-0.3, -0.25) is 19.8 Å². The first kappa shape index (κ1) is 20.1. The van der Waals surface area contributed by atoms with Gasteiger partial charge >= 0.3 is 0 Å². The summed E-state index contributed by atoms with van der Waals surface area (Å²) in [5, 5.41) is 18.8. The van der Waals surface area contributed by atoms with Crippen LogP contribution in [0.25, 0.3) is 17.1 Å². The van der Waals surface area contributed by atoms with Gasteiger partial charge in [0.15, 0.2) is 10.6 Å². The van der Waals surface area contributed by atoms with Gasteiger partial charge in [0.2, 0.25) is 0 Å². The number of ether oxygens (including phenoxy) is 1. The summed E-state index contributed by atoms with van der Waals surface area (Å²) in [4.78, 5) is 10.3. The molecule has 0 fully saturated rings. The molecule has 1 N–H and O–H groups in total. The van der Waals surface area contributed by atoms with Gasteiger partial charge in [-0.15, -0.1) is 0 Å². The second-order valence-corrected chi connectivity index (χ2v) is 7.39. The van der Waals surface area contributed by atoms with Gasteiger partial charge in [-0.2, -0.15) is 5.10 Å². The second-order valence-electron chi connectivity index (χ2n) is 6.16. The van der Waals surface area contributed by atoms with Crippen molar-refractivity contribution in [2.24, 2.45) is 0 Å². The predicted octanol–water partition coefficient (Wildman–Crippen LogP) is 6.60. The molecule has 0 aliphatic carbocycles. The van der Waals surface area contributed by atoms with Crippen molar-refractivity contribution in [3.63, 3.8) is 0 Å². The van der Waals surface area contributed by atoms with Crippen LogP contribution in [0.2, 0.25) is 10.0 Å². The number of nitro benzene ring substituents is 1. The number of hydrogen-bond acceptors (Lipinski definition) is 5. The molecule has 0 radical (unpaired) electrons. The monoisotopic (exact) mass is 458 g/mol. The van der Waals surface area contributed by atoms with Crippen molar-refractivity contribution in [2.75, 3.05) is 0 Å². The summed E-state index contributed by atoms with van der Waals surface area (Å²) >= 11 is 17.7. The van der Waals surface area contributed by atoms with Crippen LogP contribution in [-0.4, -0.2) is 19.7 Å². The van der Waals surface area contributed by atoms with Crippen LogP contribution in [0.3, 0.4) is 0 Å². The predicted molar refractivity (Wildman–Crippen MR) is 117 cm³/mol. The number of aromatic nitrogens is 3. The standard InChI is InChI=1S/C20H12Cl2N4O3S/c21-12-1-10-17(18(22)11-12)19-23-24-20(30)25(19)13-2-6-15(7-3-13)29-16-8-4-14(5-9-16)26(27)28/h1-11H,(H,24,30). The zero-order chi connectivity index (χ0) is 21.3. The van der Waals surface area contributed by atoms with Crippen molar-refractivity contribution in [1.29, 1.82) is 0 Å². The molecule has 1 aromatic heterocycles. The molecule has 4 rings (SSSR count). The molecule has 0 aliphatic heterocycles. The molecule has 1 heterocycles. The maximum Gasteiger partial charge on any atom is 0.269 e. The smallest absolute Gasteiger partial charge is 0.269 e. The minimum Gasteiger partial charge on any atom is -0.457 e. The van der Waals surface area contributed by atoms with E-state index in [4.69, 9.17) is 40.2 Å². The number of aromatic amines is 1. The van der Waals surface area contributed by atoms with Crippen LogP contribution >= 0.6 is 35.4 Å².